The zero-order valence-electron chi connectivity index (χ0n) is 11.0. The Hall–Kier alpha value is -1.40. The van der Waals surface area contributed by atoms with Gasteiger partial charge in [0, 0.05) is 29.8 Å². The summed E-state index contributed by atoms with van der Waals surface area (Å²) in [4.78, 5) is 25.3. The van der Waals surface area contributed by atoms with Crippen LogP contribution in [0.3, 0.4) is 0 Å². The van der Waals surface area contributed by atoms with Gasteiger partial charge in [0.2, 0.25) is 11.8 Å². The molecule has 2 atom stereocenters. The molecule has 0 radical (unpaired) electrons. The maximum absolute atomic E-state index is 12.0. The third kappa shape index (κ3) is 2.79. The van der Waals surface area contributed by atoms with Crippen LogP contribution in [0.4, 0.5) is 5.69 Å². The molecule has 5 nitrogen and oxygen atoms in total. The van der Waals surface area contributed by atoms with E-state index in [0.717, 1.165) is 15.7 Å². The standard InChI is InChI=1S/C13H16BrN3O2/c1-7(13(19)17(2)3)15-11-9-5-4-8(14)6-10(9)16-12(11)18/h4-7,11,15H,1-3H3,(H,16,18). The number of rotatable bonds is 3. The number of benzene rings is 1. The summed E-state index contributed by atoms with van der Waals surface area (Å²) in [7, 11) is 3.39. The fraction of sp³-hybridized carbons (Fsp3) is 0.385. The Bertz CT molecular complexity index is 531. The molecule has 2 amide bonds. The second kappa shape index (κ2) is 5.30. The highest BCUT2D eigenvalue weighted by Gasteiger charge is 2.32. The Morgan fingerprint density at radius 3 is 2.79 bits per heavy atom. The predicted molar refractivity (Wildman–Crippen MR) is 76.8 cm³/mol. The molecule has 0 bridgehead atoms. The minimum absolute atomic E-state index is 0.0571. The number of fused-ring (bicyclic) bond motifs is 1. The number of hydrogen-bond donors (Lipinski definition) is 2. The van der Waals surface area contributed by atoms with E-state index in [-0.39, 0.29) is 11.8 Å². The Morgan fingerprint density at radius 1 is 1.47 bits per heavy atom. The maximum Gasteiger partial charge on any atom is 0.246 e. The van der Waals surface area contributed by atoms with Gasteiger partial charge in [-0.15, -0.1) is 0 Å². The van der Waals surface area contributed by atoms with E-state index in [1.807, 2.05) is 18.2 Å². The van der Waals surface area contributed by atoms with E-state index in [4.69, 9.17) is 0 Å². The van der Waals surface area contributed by atoms with Crippen molar-refractivity contribution in [3.05, 3.63) is 28.2 Å². The van der Waals surface area contributed by atoms with E-state index in [1.54, 1.807) is 21.0 Å². The highest BCUT2D eigenvalue weighted by Crippen LogP contribution is 2.33. The van der Waals surface area contributed by atoms with Gasteiger partial charge in [-0.1, -0.05) is 22.0 Å². The summed E-state index contributed by atoms with van der Waals surface area (Å²) in [5, 5.41) is 5.87. The number of likely N-dealkylation sites (N-methyl/N-ethyl adjacent to an activating group) is 1. The molecule has 6 heteroatoms. The summed E-state index contributed by atoms with van der Waals surface area (Å²) >= 11 is 3.37. The van der Waals surface area contributed by atoms with Crippen molar-refractivity contribution in [1.29, 1.82) is 0 Å². The van der Waals surface area contributed by atoms with Crippen LogP contribution in [0.5, 0.6) is 0 Å². The van der Waals surface area contributed by atoms with Crippen molar-refractivity contribution in [3.63, 3.8) is 0 Å². The monoisotopic (exact) mass is 325 g/mol. The molecule has 102 valence electrons. The van der Waals surface area contributed by atoms with Gasteiger partial charge in [-0.3, -0.25) is 14.9 Å². The molecule has 0 saturated heterocycles. The second-order valence-electron chi connectivity index (χ2n) is 4.77. The molecule has 19 heavy (non-hydrogen) atoms. The normalized spacial score (nSPS) is 18.7. The van der Waals surface area contributed by atoms with E-state index in [0.29, 0.717) is 0 Å². The fourth-order valence-electron chi connectivity index (χ4n) is 2.11. The number of halogens is 1. The van der Waals surface area contributed by atoms with Crippen molar-refractivity contribution >= 4 is 33.4 Å². The lowest BCUT2D eigenvalue weighted by Crippen LogP contribution is -2.44. The number of nitrogens with one attached hydrogen (secondary N) is 2. The Morgan fingerprint density at radius 2 is 2.16 bits per heavy atom. The van der Waals surface area contributed by atoms with Crippen molar-refractivity contribution < 1.29 is 9.59 Å². The Labute approximate surface area is 120 Å². The quantitative estimate of drug-likeness (QED) is 0.885. The molecule has 1 aliphatic heterocycles. The minimum atomic E-state index is -0.484. The van der Waals surface area contributed by atoms with Crippen LogP contribution in [0.1, 0.15) is 18.5 Å². The first kappa shape index (κ1) is 14.0. The molecule has 1 heterocycles. The van der Waals surface area contributed by atoms with Gasteiger partial charge in [-0.25, -0.2) is 0 Å². The summed E-state index contributed by atoms with van der Waals surface area (Å²) in [6.07, 6.45) is 0. The second-order valence-corrected chi connectivity index (χ2v) is 5.69. The molecular weight excluding hydrogens is 310 g/mol. The highest BCUT2D eigenvalue weighted by atomic mass is 79.9. The molecule has 0 aromatic heterocycles. The van der Waals surface area contributed by atoms with E-state index in [2.05, 4.69) is 26.6 Å². The molecule has 1 aliphatic rings. The van der Waals surface area contributed by atoms with Gasteiger partial charge in [0.1, 0.15) is 6.04 Å². The zero-order chi connectivity index (χ0) is 14.2. The van der Waals surface area contributed by atoms with Gasteiger partial charge in [-0.05, 0) is 19.1 Å². The van der Waals surface area contributed by atoms with Gasteiger partial charge in [-0.2, -0.15) is 0 Å². The Kier molecular flexibility index (Phi) is 3.91. The van der Waals surface area contributed by atoms with Crippen molar-refractivity contribution in [3.8, 4) is 0 Å². The molecule has 0 saturated carbocycles. The van der Waals surface area contributed by atoms with Crippen LogP contribution in [0.15, 0.2) is 22.7 Å². The van der Waals surface area contributed by atoms with Gasteiger partial charge < -0.3 is 10.2 Å². The van der Waals surface area contributed by atoms with E-state index >= 15 is 0 Å². The minimum Gasteiger partial charge on any atom is -0.347 e. The van der Waals surface area contributed by atoms with Crippen molar-refractivity contribution in [2.75, 3.05) is 19.4 Å². The molecule has 2 N–H and O–H groups in total. The van der Waals surface area contributed by atoms with Gasteiger partial charge in [0.25, 0.3) is 0 Å². The maximum atomic E-state index is 12.0. The number of carbonyl (C=O) groups is 2. The predicted octanol–water partition coefficient (Wildman–Crippen LogP) is 1.51. The van der Waals surface area contributed by atoms with Crippen molar-refractivity contribution in [2.24, 2.45) is 0 Å². The average molecular weight is 326 g/mol. The molecule has 0 spiro atoms. The van der Waals surface area contributed by atoms with E-state index < -0.39 is 12.1 Å². The van der Waals surface area contributed by atoms with Gasteiger partial charge >= 0.3 is 0 Å². The van der Waals surface area contributed by atoms with E-state index in [9.17, 15) is 9.59 Å². The average Bonchev–Trinajstić information content (AvgIpc) is 2.63. The van der Waals surface area contributed by atoms with Gasteiger partial charge in [0.05, 0.1) is 6.04 Å². The number of amides is 2. The number of hydrogen-bond acceptors (Lipinski definition) is 3. The Balaban J connectivity index is 2.19. The molecule has 1 aromatic carbocycles. The van der Waals surface area contributed by atoms with Crippen LogP contribution in [-0.2, 0) is 9.59 Å². The van der Waals surface area contributed by atoms with Crippen LogP contribution in [0, 0.1) is 0 Å². The number of carbonyl (C=O) groups excluding carboxylic acids is 2. The van der Waals surface area contributed by atoms with Crippen LogP contribution in [0.2, 0.25) is 0 Å². The molecule has 1 aromatic rings. The van der Waals surface area contributed by atoms with Crippen LogP contribution >= 0.6 is 15.9 Å². The molecule has 2 rings (SSSR count). The molecule has 0 aliphatic carbocycles. The lowest BCUT2D eigenvalue weighted by molar-refractivity contribution is -0.131. The largest absolute Gasteiger partial charge is 0.347 e. The summed E-state index contributed by atoms with van der Waals surface area (Å²) in [5.41, 5.74) is 1.65. The molecule has 0 fully saturated rings. The first-order valence-corrected chi connectivity index (χ1v) is 6.77. The van der Waals surface area contributed by atoms with Crippen molar-refractivity contribution in [1.82, 2.24) is 10.2 Å². The first-order valence-electron chi connectivity index (χ1n) is 5.97. The van der Waals surface area contributed by atoms with Crippen molar-refractivity contribution in [2.45, 2.75) is 19.0 Å². The third-order valence-corrected chi connectivity index (χ3v) is 3.57. The fourth-order valence-corrected chi connectivity index (χ4v) is 2.47. The molecular formula is C13H16BrN3O2. The summed E-state index contributed by atoms with van der Waals surface area (Å²) in [6, 6.07) is 4.71. The smallest absolute Gasteiger partial charge is 0.246 e. The van der Waals surface area contributed by atoms with Crippen LogP contribution in [0.25, 0.3) is 0 Å². The van der Waals surface area contributed by atoms with Crippen LogP contribution < -0.4 is 10.6 Å². The van der Waals surface area contributed by atoms with E-state index in [1.165, 1.54) is 4.90 Å². The lowest BCUT2D eigenvalue weighted by atomic mass is 10.1. The topological polar surface area (TPSA) is 61.4 Å². The van der Waals surface area contributed by atoms with Gasteiger partial charge in [0.15, 0.2) is 0 Å². The third-order valence-electron chi connectivity index (χ3n) is 3.07. The first-order chi connectivity index (χ1) is 8.90. The number of anilines is 1. The molecule has 2 unspecified atom stereocenters. The lowest BCUT2D eigenvalue weighted by Gasteiger charge is -2.21. The number of nitrogens with zero attached hydrogens (tertiary/aromatic N) is 1. The summed E-state index contributed by atoms with van der Waals surface area (Å²) < 4.78 is 0.907. The SMILES string of the molecule is CC(NC1C(=O)Nc2cc(Br)ccc21)C(=O)N(C)C. The zero-order valence-corrected chi connectivity index (χ0v) is 12.6. The summed E-state index contributed by atoms with van der Waals surface area (Å²) in [6.45, 7) is 1.76. The van der Waals surface area contributed by atoms with Crippen LogP contribution in [-0.4, -0.2) is 36.9 Å². The highest BCUT2D eigenvalue weighted by molar-refractivity contribution is 9.10. The summed E-state index contributed by atoms with van der Waals surface area (Å²) in [5.74, 6) is -0.190.